The molecule has 2 aromatic rings. The van der Waals surface area contributed by atoms with E-state index in [0.717, 1.165) is 0 Å². The first-order valence-corrected chi connectivity index (χ1v) is 9.48. The Hall–Kier alpha value is -2.73. The number of carbonyl (C=O) groups is 2. The molecule has 0 radical (unpaired) electrons. The van der Waals surface area contributed by atoms with Crippen LogP contribution in [0.5, 0.6) is 11.5 Å². The minimum Gasteiger partial charge on any atom is -0.493 e. The second-order valence-corrected chi connectivity index (χ2v) is 7.01. The van der Waals surface area contributed by atoms with E-state index in [1.807, 2.05) is 12.1 Å². The summed E-state index contributed by atoms with van der Waals surface area (Å²) in [5, 5.41) is 3.39. The average Bonchev–Trinajstić information content (AvgIpc) is 2.74. The summed E-state index contributed by atoms with van der Waals surface area (Å²) in [6.45, 7) is 1.04. The van der Waals surface area contributed by atoms with Crippen LogP contribution in [0, 0.1) is 5.92 Å². The van der Waals surface area contributed by atoms with E-state index >= 15 is 0 Å². The van der Waals surface area contributed by atoms with E-state index in [4.69, 9.17) is 21.1 Å². The molecule has 1 N–H and O–H groups in total. The number of methoxy groups -OCH3 is 2. The van der Waals surface area contributed by atoms with Crippen LogP contribution in [0.25, 0.3) is 0 Å². The number of likely N-dealkylation sites (tertiary alicyclic amines) is 1. The predicted molar refractivity (Wildman–Crippen MR) is 108 cm³/mol. The Morgan fingerprint density at radius 1 is 1.04 bits per heavy atom. The Balaban J connectivity index is 1.59. The van der Waals surface area contributed by atoms with E-state index in [0.29, 0.717) is 53.7 Å². The molecule has 0 bridgehead atoms. The van der Waals surface area contributed by atoms with E-state index in [-0.39, 0.29) is 17.7 Å². The number of rotatable bonds is 5. The number of nitrogens with zero attached hydrogens (tertiary/aromatic N) is 1. The maximum absolute atomic E-state index is 12.8. The van der Waals surface area contributed by atoms with Crippen LogP contribution in [0.2, 0.25) is 5.02 Å². The largest absolute Gasteiger partial charge is 0.493 e. The van der Waals surface area contributed by atoms with Crippen LogP contribution >= 0.6 is 11.6 Å². The maximum atomic E-state index is 12.8. The lowest BCUT2D eigenvalue weighted by molar-refractivity contribution is -0.121. The van der Waals surface area contributed by atoms with Gasteiger partial charge in [-0.2, -0.15) is 0 Å². The molecule has 6 nitrogen and oxygen atoms in total. The normalized spacial score (nSPS) is 14.5. The summed E-state index contributed by atoms with van der Waals surface area (Å²) in [5.41, 5.74) is 1.15. The molecule has 1 heterocycles. The second kappa shape index (κ2) is 8.97. The first kappa shape index (κ1) is 20.0. The molecule has 148 valence electrons. The predicted octanol–water partition coefficient (Wildman–Crippen LogP) is 3.85. The van der Waals surface area contributed by atoms with Crippen molar-refractivity contribution in [2.24, 2.45) is 5.92 Å². The quantitative estimate of drug-likeness (QED) is 0.824. The van der Waals surface area contributed by atoms with Crippen molar-refractivity contribution in [3.63, 3.8) is 0 Å². The Kier molecular flexibility index (Phi) is 6.41. The van der Waals surface area contributed by atoms with Crippen molar-refractivity contribution in [1.82, 2.24) is 4.90 Å². The van der Waals surface area contributed by atoms with Gasteiger partial charge < -0.3 is 19.7 Å². The molecule has 3 rings (SSSR count). The van der Waals surface area contributed by atoms with E-state index < -0.39 is 0 Å². The molecule has 1 aliphatic rings. The molecule has 0 atom stereocenters. The second-order valence-electron chi connectivity index (χ2n) is 6.61. The van der Waals surface area contributed by atoms with Gasteiger partial charge in [-0.05, 0) is 43.2 Å². The van der Waals surface area contributed by atoms with Crippen molar-refractivity contribution in [3.05, 3.63) is 53.1 Å². The Bertz CT molecular complexity index is 863. The molecule has 7 heteroatoms. The van der Waals surface area contributed by atoms with Crippen LogP contribution in [-0.4, -0.2) is 44.0 Å². The lowest BCUT2D eigenvalue weighted by Crippen LogP contribution is -2.41. The highest BCUT2D eigenvalue weighted by molar-refractivity contribution is 6.33. The third-order valence-corrected chi connectivity index (χ3v) is 5.24. The first-order chi connectivity index (χ1) is 13.5. The van der Waals surface area contributed by atoms with Gasteiger partial charge in [0.05, 0.1) is 24.9 Å². The maximum Gasteiger partial charge on any atom is 0.253 e. The average molecular weight is 403 g/mol. The molecular formula is C21H23ClN2O4. The summed E-state index contributed by atoms with van der Waals surface area (Å²) in [4.78, 5) is 27.1. The fourth-order valence-electron chi connectivity index (χ4n) is 3.29. The smallest absolute Gasteiger partial charge is 0.253 e. The minimum absolute atomic E-state index is 0.0636. The molecule has 2 aromatic carbocycles. The summed E-state index contributed by atoms with van der Waals surface area (Å²) in [7, 11) is 3.09. The van der Waals surface area contributed by atoms with Crippen molar-refractivity contribution in [1.29, 1.82) is 0 Å². The standard InChI is InChI=1S/C21H23ClN2O4/c1-27-18-8-7-15(13-19(18)28-2)21(26)24-11-9-14(10-12-24)20(25)23-17-6-4-3-5-16(17)22/h3-8,13-14H,9-12H2,1-2H3,(H,23,25). The van der Waals surface area contributed by atoms with Crippen molar-refractivity contribution in [2.75, 3.05) is 32.6 Å². The summed E-state index contributed by atoms with van der Waals surface area (Å²) < 4.78 is 10.5. The highest BCUT2D eigenvalue weighted by Crippen LogP contribution is 2.29. The Morgan fingerprint density at radius 3 is 2.36 bits per heavy atom. The van der Waals surface area contributed by atoms with Gasteiger partial charge in [0.1, 0.15) is 0 Å². The van der Waals surface area contributed by atoms with Crippen LogP contribution in [0.3, 0.4) is 0 Å². The number of amides is 2. The molecule has 2 amide bonds. The van der Waals surface area contributed by atoms with Gasteiger partial charge in [0.15, 0.2) is 11.5 Å². The fraction of sp³-hybridized carbons (Fsp3) is 0.333. The summed E-state index contributed by atoms with van der Waals surface area (Å²) >= 11 is 6.10. The number of anilines is 1. The van der Waals surface area contributed by atoms with Crippen molar-refractivity contribution in [2.45, 2.75) is 12.8 Å². The lowest BCUT2D eigenvalue weighted by Gasteiger charge is -2.31. The highest BCUT2D eigenvalue weighted by Gasteiger charge is 2.28. The van der Waals surface area contributed by atoms with Gasteiger partial charge in [-0.1, -0.05) is 23.7 Å². The van der Waals surface area contributed by atoms with Gasteiger partial charge in [-0.3, -0.25) is 9.59 Å². The van der Waals surface area contributed by atoms with Crippen LogP contribution in [-0.2, 0) is 4.79 Å². The lowest BCUT2D eigenvalue weighted by atomic mass is 9.95. The van der Waals surface area contributed by atoms with Crippen molar-refractivity contribution < 1.29 is 19.1 Å². The minimum atomic E-state index is -0.147. The summed E-state index contributed by atoms with van der Waals surface area (Å²) in [5.74, 6) is 0.805. The van der Waals surface area contributed by atoms with Crippen molar-refractivity contribution in [3.8, 4) is 11.5 Å². The number of nitrogens with one attached hydrogen (secondary N) is 1. The Morgan fingerprint density at radius 2 is 1.71 bits per heavy atom. The van der Waals surface area contributed by atoms with Gasteiger partial charge in [0.2, 0.25) is 5.91 Å². The number of piperidine rings is 1. The van der Waals surface area contributed by atoms with Crippen molar-refractivity contribution >= 4 is 29.1 Å². The zero-order valence-corrected chi connectivity index (χ0v) is 16.7. The van der Waals surface area contributed by atoms with Gasteiger partial charge in [0, 0.05) is 24.6 Å². The molecular weight excluding hydrogens is 380 g/mol. The number of benzene rings is 2. The van der Waals surface area contributed by atoms with E-state index in [9.17, 15) is 9.59 Å². The molecule has 1 aliphatic heterocycles. The SMILES string of the molecule is COc1ccc(C(=O)N2CCC(C(=O)Nc3ccccc3Cl)CC2)cc1OC. The molecule has 28 heavy (non-hydrogen) atoms. The monoisotopic (exact) mass is 402 g/mol. The topological polar surface area (TPSA) is 67.9 Å². The van der Waals surface area contributed by atoms with Gasteiger partial charge in [0.25, 0.3) is 5.91 Å². The molecule has 0 aliphatic carbocycles. The molecule has 0 saturated carbocycles. The van der Waals surface area contributed by atoms with Crippen LogP contribution in [0.15, 0.2) is 42.5 Å². The number of para-hydroxylation sites is 1. The van der Waals surface area contributed by atoms with Gasteiger partial charge >= 0.3 is 0 Å². The zero-order valence-electron chi connectivity index (χ0n) is 15.9. The van der Waals surface area contributed by atoms with E-state index in [1.54, 1.807) is 42.3 Å². The number of hydrogen-bond acceptors (Lipinski definition) is 4. The molecule has 0 aromatic heterocycles. The number of carbonyl (C=O) groups excluding carboxylic acids is 2. The van der Waals surface area contributed by atoms with Gasteiger partial charge in [-0.15, -0.1) is 0 Å². The number of halogens is 1. The molecule has 0 spiro atoms. The number of hydrogen-bond donors (Lipinski definition) is 1. The fourth-order valence-corrected chi connectivity index (χ4v) is 3.48. The highest BCUT2D eigenvalue weighted by atomic mass is 35.5. The van der Waals surface area contributed by atoms with Crippen LogP contribution in [0.1, 0.15) is 23.2 Å². The van der Waals surface area contributed by atoms with Crippen LogP contribution in [0.4, 0.5) is 5.69 Å². The van der Waals surface area contributed by atoms with E-state index in [1.165, 1.54) is 7.11 Å². The number of ether oxygens (including phenoxy) is 2. The van der Waals surface area contributed by atoms with E-state index in [2.05, 4.69) is 5.32 Å². The third kappa shape index (κ3) is 4.39. The van der Waals surface area contributed by atoms with Crippen LogP contribution < -0.4 is 14.8 Å². The molecule has 0 unspecified atom stereocenters. The third-order valence-electron chi connectivity index (χ3n) is 4.92. The molecule has 1 fully saturated rings. The Labute approximate surface area is 169 Å². The first-order valence-electron chi connectivity index (χ1n) is 9.10. The summed E-state index contributed by atoms with van der Waals surface area (Å²) in [6.07, 6.45) is 1.21. The molecule has 1 saturated heterocycles. The summed E-state index contributed by atoms with van der Waals surface area (Å²) in [6, 6.07) is 12.3. The zero-order chi connectivity index (χ0) is 20.1. The van der Waals surface area contributed by atoms with Gasteiger partial charge in [-0.25, -0.2) is 0 Å².